The predicted octanol–water partition coefficient (Wildman–Crippen LogP) is 1.51. The first-order valence-corrected chi connectivity index (χ1v) is 5.99. The molecule has 0 radical (unpaired) electrons. The van der Waals surface area contributed by atoms with E-state index >= 15 is 0 Å². The first-order valence-electron chi connectivity index (χ1n) is 5.99. The number of aliphatic carboxylic acids is 1. The molecule has 0 aliphatic heterocycles. The third-order valence-corrected chi connectivity index (χ3v) is 2.48. The van der Waals surface area contributed by atoms with Crippen LogP contribution in [0.4, 0.5) is 0 Å². The Balaban J connectivity index is 0.000000286. The number of phenolic OH excluding ortho intramolecular Hbond substituents is 2. The van der Waals surface area contributed by atoms with E-state index in [0.717, 1.165) is 6.42 Å². The molecule has 1 aromatic carbocycles. The maximum Gasteiger partial charge on any atom is 0.345 e. The number of carbonyl (C=O) groups is 1. The summed E-state index contributed by atoms with van der Waals surface area (Å²) < 4.78 is 0. The third kappa shape index (κ3) is 3.98. The number of aromatic amines is 1. The summed E-state index contributed by atoms with van der Waals surface area (Å²) in [7, 11) is 0. The van der Waals surface area contributed by atoms with E-state index in [-0.39, 0.29) is 11.5 Å². The van der Waals surface area contributed by atoms with Crippen molar-refractivity contribution in [1.29, 1.82) is 0 Å². The van der Waals surface area contributed by atoms with Crippen molar-refractivity contribution in [1.82, 2.24) is 9.97 Å². The Bertz CT molecular complexity index is 678. The van der Waals surface area contributed by atoms with Crippen LogP contribution in [0.2, 0.25) is 0 Å². The normalized spacial score (nSPS) is 9.90. The first kappa shape index (κ1) is 15.5. The number of carboxylic acids is 1. The number of benzene rings is 1. The summed E-state index contributed by atoms with van der Waals surface area (Å²) >= 11 is 0. The second kappa shape index (κ2) is 6.55. The number of carboxylic acid groups (broad SMARTS) is 1. The molecule has 0 unspecified atom stereocenters. The van der Waals surface area contributed by atoms with Crippen molar-refractivity contribution < 1.29 is 20.1 Å². The maximum atomic E-state index is 11.0. The van der Waals surface area contributed by atoms with Crippen LogP contribution in [0.5, 0.6) is 11.5 Å². The van der Waals surface area contributed by atoms with Gasteiger partial charge in [0.2, 0.25) is 0 Å². The smallest absolute Gasteiger partial charge is 0.345 e. The van der Waals surface area contributed by atoms with Gasteiger partial charge in [0.25, 0.3) is 0 Å². The number of nitrogens with one attached hydrogen (secondary N) is 1. The van der Waals surface area contributed by atoms with Crippen molar-refractivity contribution in [3.05, 3.63) is 28.3 Å². The molecule has 1 heterocycles. The summed E-state index contributed by atoms with van der Waals surface area (Å²) in [5, 5.41) is 27.0. The molecule has 108 valence electrons. The summed E-state index contributed by atoms with van der Waals surface area (Å²) in [4.78, 5) is 26.7. The minimum atomic E-state index is -0.711. The van der Waals surface area contributed by atoms with E-state index in [1.807, 2.05) is 6.92 Å². The highest BCUT2D eigenvalue weighted by Crippen LogP contribution is 2.29. The molecule has 0 aliphatic rings. The summed E-state index contributed by atoms with van der Waals surface area (Å²) in [6.45, 7) is 3.54. The fourth-order valence-electron chi connectivity index (χ4n) is 1.54. The van der Waals surface area contributed by atoms with Crippen molar-refractivity contribution in [2.24, 2.45) is 0 Å². The summed E-state index contributed by atoms with van der Waals surface area (Å²) in [5.74, 6) is -1.22. The fraction of sp³-hybridized carbons (Fsp3) is 0.308. The molecule has 0 atom stereocenters. The number of fused-ring (bicyclic) bond motifs is 1. The largest absolute Gasteiger partial charge is 0.504 e. The number of phenols is 2. The van der Waals surface area contributed by atoms with Crippen LogP contribution in [0.1, 0.15) is 25.5 Å². The lowest BCUT2D eigenvalue weighted by Gasteiger charge is -2.02. The number of aromatic hydroxyl groups is 2. The number of rotatable bonds is 2. The van der Waals surface area contributed by atoms with Crippen molar-refractivity contribution in [3.8, 4) is 11.5 Å². The number of H-pyrrole nitrogens is 1. The van der Waals surface area contributed by atoms with E-state index in [9.17, 15) is 19.8 Å². The van der Waals surface area contributed by atoms with E-state index in [0.29, 0.717) is 23.0 Å². The molecule has 0 spiro atoms. The van der Waals surface area contributed by atoms with Gasteiger partial charge in [-0.05, 0) is 19.4 Å². The monoisotopic (exact) mass is 280 g/mol. The van der Waals surface area contributed by atoms with Crippen LogP contribution in [0.25, 0.3) is 10.9 Å². The fourth-order valence-corrected chi connectivity index (χ4v) is 1.54. The molecule has 1 aromatic heterocycles. The molecule has 0 amide bonds. The van der Waals surface area contributed by atoms with Crippen LogP contribution in [-0.4, -0.2) is 31.3 Å². The molecular formula is C13H16N2O5. The van der Waals surface area contributed by atoms with Gasteiger partial charge < -0.3 is 20.3 Å². The van der Waals surface area contributed by atoms with Gasteiger partial charge in [0.15, 0.2) is 11.5 Å². The molecule has 0 saturated heterocycles. The lowest BCUT2D eigenvalue weighted by Crippen LogP contribution is -2.11. The van der Waals surface area contributed by atoms with Gasteiger partial charge in [-0.2, -0.15) is 4.98 Å². The Morgan fingerprint density at radius 2 is 1.90 bits per heavy atom. The number of nitrogens with zero attached hydrogens (tertiary/aromatic N) is 1. The van der Waals surface area contributed by atoms with Crippen LogP contribution in [-0.2, 0) is 4.79 Å². The van der Waals surface area contributed by atoms with E-state index in [1.54, 1.807) is 6.92 Å². The Morgan fingerprint density at radius 1 is 1.30 bits per heavy atom. The van der Waals surface area contributed by atoms with E-state index in [4.69, 9.17) is 5.11 Å². The lowest BCUT2D eigenvalue weighted by atomic mass is 10.2. The van der Waals surface area contributed by atoms with Crippen LogP contribution >= 0.6 is 0 Å². The SMILES string of the molecule is CCCC(=O)O.Cc1[nH]c(=O)nc2cc(O)c(O)cc12. The molecule has 7 nitrogen and oxygen atoms in total. The van der Waals surface area contributed by atoms with Crippen LogP contribution in [0.15, 0.2) is 16.9 Å². The van der Waals surface area contributed by atoms with Gasteiger partial charge in [-0.15, -0.1) is 0 Å². The molecule has 4 N–H and O–H groups in total. The summed E-state index contributed by atoms with van der Waals surface area (Å²) in [5.41, 5.74) is 0.497. The predicted molar refractivity (Wildman–Crippen MR) is 73.0 cm³/mol. The standard InChI is InChI=1S/C9H8N2O3.C4H8O2/c1-4-5-2-7(12)8(13)3-6(5)11-9(14)10-4;1-2-3-4(5)6/h2-3,12-13H,1H3,(H,10,11,14);2-3H2,1H3,(H,5,6). The number of aromatic nitrogens is 2. The number of hydrogen-bond donors (Lipinski definition) is 4. The molecule has 2 rings (SSSR count). The van der Waals surface area contributed by atoms with Crippen LogP contribution in [0, 0.1) is 6.92 Å². The molecule has 0 fully saturated rings. The Morgan fingerprint density at radius 3 is 2.40 bits per heavy atom. The van der Waals surface area contributed by atoms with Crippen molar-refractivity contribution in [3.63, 3.8) is 0 Å². The molecule has 0 bridgehead atoms. The first-order chi connectivity index (χ1) is 9.35. The zero-order chi connectivity index (χ0) is 15.3. The zero-order valence-electron chi connectivity index (χ0n) is 11.2. The maximum absolute atomic E-state index is 11.0. The summed E-state index contributed by atoms with van der Waals surface area (Å²) in [6, 6.07) is 2.62. The highest BCUT2D eigenvalue weighted by molar-refractivity contribution is 5.83. The Hall–Kier alpha value is -2.57. The highest BCUT2D eigenvalue weighted by atomic mass is 16.4. The molecule has 0 aliphatic carbocycles. The highest BCUT2D eigenvalue weighted by Gasteiger charge is 2.06. The molecule has 7 heteroatoms. The van der Waals surface area contributed by atoms with Gasteiger partial charge in [0.1, 0.15) is 0 Å². The van der Waals surface area contributed by atoms with E-state index in [2.05, 4.69) is 9.97 Å². The van der Waals surface area contributed by atoms with Gasteiger partial charge in [-0.25, -0.2) is 4.79 Å². The van der Waals surface area contributed by atoms with Crippen LogP contribution < -0.4 is 5.69 Å². The number of hydrogen-bond acceptors (Lipinski definition) is 5. The molecule has 2 aromatic rings. The molecule has 0 saturated carbocycles. The van der Waals surface area contributed by atoms with Gasteiger partial charge in [-0.3, -0.25) is 4.79 Å². The zero-order valence-corrected chi connectivity index (χ0v) is 11.2. The minimum Gasteiger partial charge on any atom is -0.504 e. The van der Waals surface area contributed by atoms with Gasteiger partial charge in [0, 0.05) is 23.6 Å². The second-order valence-corrected chi connectivity index (χ2v) is 4.17. The van der Waals surface area contributed by atoms with Crippen molar-refractivity contribution in [2.45, 2.75) is 26.7 Å². The third-order valence-electron chi connectivity index (χ3n) is 2.48. The average molecular weight is 280 g/mol. The topological polar surface area (TPSA) is 124 Å². The molecular weight excluding hydrogens is 264 g/mol. The van der Waals surface area contributed by atoms with Gasteiger partial charge in [0.05, 0.1) is 5.52 Å². The molecule has 20 heavy (non-hydrogen) atoms. The Labute approximate surface area is 114 Å². The van der Waals surface area contributed by atoms with E-state index in [1.165, 1.54) is 12.1 Å². The van der Waals surface area contributed by atoms with Gasteiger partial charge >= 0.3 is 11.7 Å². The van der Waals surface area contributed by atoms with Gasteiger partial charge in [-0.1, -0.05) is 6.92 Å². The summed E-state index contributed by atoms with van der Waals surface area (Å²) in [6.07, 6.45) is 1.02. The van der Waals surface area contributed by atoms with E-state index < -0.39 is 11.7 Å². The van der Waals surface area contributed by atoms with Crippen molar-refractivity contribution in [2.75, 3.05) is 0 Å². The lowest BCUT2D eigenvalue weighted by molar-refractivity contribution is -0.137. The number of aryl methyl sites for hydroxylation is 1. The van der Waals surface area contributed by atoms with Crippen molar-refractivity contribution >= 4 is 16.9 Å². The second-order valence-electron chi connectivity index (χ2n) is 4.17. The quantitative estimate of drug-likeness (QED) is 0.618. The van der Waals surface area contributed by atoms with Crippen LogP contribution in [0.3, 0.4) is 0 Å². The Kier molecular flexibility index (Phi) is 5.08. The minimum absolute atomic E-state index is 0.227. The average Bonchev–Trinajstić information content (AvgIpc) is 2.32.